The van der Waals surface area contributed by atoms with Gasteiger partial charge in [0, 0.05) is 32.2 Å². The van der Waals surface area contributed by atoms with Crippen molar-refractivity contribution in [2.75, 3.05) is 26.3 Å². The van der Waals surface area contributed by atoms with Crippen molar-refractivity contribution in [1.82, 2.24) is 15.5 Å². The average molecular weight is 383 g/mol. The zero-order chi connectivity index (χ0) is 19.8. The first-order valence-electron chi connectivity index (χ1n) is 9.78. The molecule has 0 spiro atoms. The maximum Gasteiger partial charge on any atom is 0.315 e. The molecule has 0 aromatic heterocycles. The number of aromatic hydroxyl groups is 1. The number of phenolic OH excluding ortho intramolecular Hbond substituents is 1. The molecule has 1 unspecified atom stereocenters. The highest BCUT2D eigenvalue weighted by atomic mass is 16.5. The van der Waals surface area contributed by atoms with Crippen LogP contribution in [0.15, 0.2) is 48.5 Å². The SMILES string of the molecule is CC(Cc1ccc(O)cc1)NC(=O)NCc1ccc(CN2CCOCC2)cc1. The van der Waals surface area contributed by atoms with Crippen LogP contribution in [0.1, 0.15) is 23.6 Å². The van der Waals surface area contributed by atoms with Crippen molar-refractivity contribution in [2.24, 2.45) is 0 Å². The number of nitrogens with zero attached hydrogens (tertiary/aromatic N) is 1. The van der Waals surface area contributed by atoms with Crippen LogP contribution >= 0.6 is 0 Å². The Hall–Kier alpha value is -2.57. The van der Waals surface area contributed by atoms with E-state index in [4.69, 9.17) is 4.74 Å². The number of hydrogen-bond donors (Lipinski definition) is 3. The first kappa shape index (κ1) is 20.2. The number of ether oxygens (including phenoxy) is 1. The molecule has 0 saturated carbocycles. The fraction of sp³-hybridized carbons (Fsp3) is 0.409. The van der Waals surface area contributed by atoms with Crippen LogP contribution in [0.5, 0.6) is 5.75 Å². The summed E-state index contributed by atoms with van der Waals surface area (Å²) in [6.07, 6.45) is 0.712. The standard InChI is InChI=1S/C22H29N3O3/c1-17(14-18-6-8-21(26)9-7-18)24-22(27)23-15-19-2-4-20(5-3-19)16-25-10-12-28-13-11-25/h2-9,17,26H,10-16H2,1H3,(H2,23,24,27). The van der Waals surface area contributed by atoms with Crippen molar-refractivity contribution in [2.45, 2.75) is 32.5 Å². The molecule has 1 saturated heterocycles. The number of hydrogen-bond acceptors (Lipinski definition) is 4. The Kier molecular flexibility index (Phi) is 7.28. The van der Waals surface area contributed by atoms with Gasteiger partial charge in [0.25, 0.3) is 0 Å². The Morgan fingerprint density at radius 1 is 1.04 bits per heavy atom. The molecule has 2 amide bonds. The Balaban J connectivity index is 1.39. The van der Waals surface area contributed by atoms with Gasteiger partial charge in [0.1, 0.15) is 5.75 Å². The van der Waals surface area contributed by atoms with E-state index in [2.05, 4.69) is 39.8 Å². The molecule has 28 heavy (non-hydrogen) atoms. The van der Waals surface area contributed by atoms with Gasteiger partial charge in [-0.05, 0) is 42.2 Å². The monoisotopic (exact) mass is 383 g/mol. The van der Waals surface area contributed by atoms with Gasteiger partial charge in [0.05, 0.1) is 13.2 Å². The zero-order valence-corrected chi connectivity index (χ0v) is 16.4. The number of carbonyl (C=O) groups is 1. The molecule has 6 heteroatoms. The molecule has 1 atom stereocenters. The summed E-state index contributed by atoms with van der Waals surface area (Å²) in [4.78, 5) is 14.5. The highest BCUT2D eigenvalue weighted by Crippen LogP contribution is 2.11. The van der Waals surface area contributed by atoms with Crippen LogP contribution in [-0.2, 0) is 24.2 Å². The number of amides is 2. The van der Waals surface area contributed by atoms with Crippen molar-refractivity contribution < 1.29 is 14.6 Å². The quantitative estimate of drug-likeness (QED) is 0.687. The summed E-state index contributed by atoms with van der Waals surface area (Å²) in [6, 6.07) is 15.2. The maximum absolute atomic E-state index is 12.1. The van der Waals surface area contributed by atoms with Gasteiger partial charge in [-0.15, -0.1) is 0 Å². The summed E-state index contributed by atoms with van der Waals surface area (Å²) in [5.41, 5.74) is 3.42. The van der Waals surface area contributed by atoms with E-state index in [0.29, 0.717) is 13.0 Å². The summed E-state index contributed by atoms with van der Waals surface area (Å²) in [5, 5.41) is 15.2. The Morgan fingerprint density at radius 2 is 1.64 bits per heavy atom. The lowest BCUT2D eigenvalue weighted by Gasteiger charge is -2.26. The van der Waals surface area contributed by atoms with E-state index in [1.54, 1.807) is 12.1 Å². The van der Waals surface area contributed by atoms with Crippen LogP contribution < -0.4 is 10.6 Å². The molecule has 2 aromatic rings. The molecule has 6 nitrogen and oxygen atoms in total. The topological polar surface area (TPSA) is 73.8 Å². The fourth-order valence-corrected chi connectivity index (χ4v) is 3.27. The second-order valence-electron chi connectivity index (χ2n) is 7.30. The third-order valence-electron chi connectivity index (χ3n) is 4.84. The summed E-state index contributed by atoms with van der Waals surface area (Å²) in [7, 11) is 0. The largest absolute Gasteiger partial charge is 0.508 e. The molecule has 150 valence electrons. The van der Waals surface area contributed by atoms with E-state index in [1.165, 1.54) is 5.56 Å². The van der Waals surface area contributed by atoms with Crippen molar-refractivity contribution in [3.63, 3.8) is 0 Å². The van der Waals surface area contributed by atoms with Crippen LogP contribution in [-0.4, -0.2) is 48.4 Å². The van der Waals surface area contributed by atoms with Crippen molar-refractivity contribution >= 4 is 6.03 Å². The number of phenols is 1. The van der Waals surface area contributed by atoms with Gasteiger partial charge in [-0.25, -0.2) is 4.79 Å². The first-order valence-corrected chi connectivity index (χ1v) is 9.78. The van der Waals surface area contributed by atoms with E-state index in [-0.39, 0.29) is 17.8 Å². The molecule has 2 aromatic carbocycles. The third-order valence-corrected chi connectivity index (χ3v) is 4.84. The van der Waals surface area contributed by atoms with Crippen LogP contribution in [0.3, 0.4) is 0 Å². The predicted molar refractivity (Wildman–Crippen MR) is 109 cm³/mol. The van der Waals surface area contributed by atoms with Crippen LogP contribution in [0.2, 0.25) is 0 Å². The van der Waals surface area contributed by atoms with Crippen LogP contribution in [0.25, 0.3) is 0 Å². The summed E-state index contributed by atoms with van der Waals surface area (Å²) in [5.74, 6) is 0.248. The number of morpholine rings is 1. The minimum absolute atomic E-state index is 0.000409. The molecule has 0 radical (unpaired) electrons. The van der Waals surface area contributed by atoms with Gasteiger partial charge in [-0.3, -0.25) is 4.90 Å². The minimum Gasteiger partial charge on any atom is -0.508 e. The van der Waals surface area contributed by atoms with Gasteiger partial charge < -0.3 is 20.5 Å². The summed E-state index contributed by atoms with van der Waals surface area (Å²) < 4.78 is 5.38. The summed E-state index contributed by atoms with van der Waals surface area (Å²) >= 11 is 0. The number of nitrogens with one attached hydrogen (secondary N) is 2. The van der Waals surface area contributed by atoms with Crippen molar-refractivity contribution in [3.05, 3.63) is 65.2 Å². The lowest BCUT2D eigenvalue weighted by atomic mass is 10.1. The van der Waals surface area contributed by atoms with Gasteiger partial charge in [-0.2, -0.15) is 0 Å². The highest BCUT2D eigenvalue weighted by Gasteiger charge is 2.11. The van der Waals surface area contributed by atoms with E-state index < -0.39 is 0 Å². The Labute approximate surface area is 166 Å². The van der Waals surface area contributed by atoms with Gasteiger partial charge >= 0.3 is 6.03 Å². The molecule has 1 heterocycles. The smallest absolute Gasteiger partial charge is 0.315 e. The lowest BCUT2D eigenvalue weighted by Crippen LogP contribution is -2.41. The molecule has 0 aliphatic carbocycles. The van der Waals surface area contributed by atoms with E-state index in [0.717, 1.165) is 44.0 Å². The van der Waals surface area contributed by atoms with Gasteiger partial charge in [-0.1, -0.05) is 36.4 Å². The lowest BCUT2D eigenvalue weighted by molar-refractivity contribution is 0.0342. The highest BCUT2D eigenvalue weighted by molar-refractivity contribution is 5.74. The van der Waals surface area contributed by atoms with Crippen molar-refractivity contribution in [3.8, 4) is 5.75 Å². The molecule has 0 bridgehead atoms. The average Bonchev–Trinajstić information content (AvgIpc) is 2.70. The number of benzene rings is 2. The van der Waals surface area contributed by atoms with Crippen LogP contribution in [0.4, 0.5) is 4.79 Å². The van der Waals surface area contributed by atoms with Crippen LogP contribution in [0, 0.1) is 0 Å². The molecule has 3 rings (SSSR count). The second-order valence-corrected chi connectivity index (χ2v) is 7.30. The first-order chi connectivity index (χ1) is 13.6. The maximum atomic E-state index is 12.1. The minimum atomic E-state index is -0.177. The molecule has 1 aliphatic heterocycles. The van der Waals surface area contributed by atoms with E-state index >= 15 is 0 Å². The predicted octanol–water partition coefficient (Wildman–Crippen LogP) is 2.65. The Bertz CT molecular complexity index is 741. The zero-order valence-electron chi connectivity index (χ0n) is 16.4. The molecular weight excluding hydrogens is 354 g/mol. The number of urea groups is 1. The van der Waals surface area contributed by atoms with E-state index in [1.807, 2.05) is 19.1 Å². The van der Waals surface area contributed by atoms with Crippen molar-refractivity contribution in [1.29, 1.82) is 0 Å². The second kappa shape index (κ2) is 10.1. The number of rotatable bonds is 7. The molecule has 1 aliphatic rings. The molecular formula is C22H29N3O3. The number of carbonyl (C=O) groups excluding carboxylic acids is 1. The van der Waals surface area contributed by atoms with E-state index in [9.17, 15) is 9.90 Å². The van der Waals surface area contributed by atoms with Gasteiger partial charge in [0.2, 0.25) is 0 Å². The molecule has 1 fully saturated rings. The van der Waals surface area contributed by atoms with Gasteiger partial charge in [0.15, 0.2) is 0 Å². The molecule has 3 N–H and O–H groups in total. The fourth-order valence-electron chi connectivity index (χ4n) is 3.27. The normalized spacial score (nSPS) is 15.8. The Morgan fingerprint density at radius 3 is 2.32 bits per heavy atom. The third kappa shape index (κ3) is 6.55. The summed E-state index contributed by atoms with van der Waals surface area (Å²) in [6.45, 7) is 6.97.